The van der Waals surface area contributed by atoms with E-state index in [2.05, 4.69) is 5.32 Å². The lowest BCUT2D eigenvalue weighted by Crippen LogP contribution is -2.13. The quantitative estimate of drug-likeness (QED) is 0.612. The van der Waals surface area contributed by atoms with Gasteiger partial charge in [0.1, 0.15) is 5.75 Å². The third kappa shape index (κ3) is 4.28. The van der Waals surface area contributed by atoms with Crippen LogP contribution >= 0.6 is 11.6 Å². The van der Waals surface area contributed by atoms with Crippen LogP contribution in [0.1, 0.15) is 36.0 Å². The largest absolute Gasteiger partial charge is 0.490 e. The van der Waals surface area contributed by atoms with E-state index in [1.54, 1.807) is 12.1 Å². The standard InChI is InChI=1S/C18H17ClN2O4/c19-17-11-13(21(23)24)7-10-16(17)18(22)20-12-5-8-15(9-6-12)25-14-3-1-2-4-14/h5-11,14H,1-4H2,(H,20,22). The van der Waals surface area contributed by atoms with Gasteiger partial charge in [-0.3, -0.25) is 14.9 Å². The first-order valence-corrected chi connectivity index (χ1v) is 8.43. The summed E-state index contributed by atoms with van der Waals surface area (Å²) in [7, 11) is 0. The summed E-state index contributed by atoms with van der Waals surface area (Å²) < 4.78 is 5.88. The number of nitrogens with one attached hydrogen (secondary N) is 1. The second-order valence-electron chi connectivity index (χ2n) is 5.92. The van der Waals surface area contributed by atoms with E-state index in [0.29, 0.717) is 5.69 Å². The second kappa shape index (κ2) is 7.53. The summed E-state index contributed by atoms with van der Waals surface area (Å²) in [6.45, 7) is 0. The lowest BCUT2D eigenvalue weighted by Gasteiger charge is -2.13. The summed E-state index contributed by atoms with van der Waals surface area (Å²) >= 11 is 5.97. The van der Waals surface area contributed by atoms with Crippen molar-refractivity contribution in [1.82, 2.24) is 0 Å². The van der Waals surface area contributed by atoms with Crippen molar-refractivity contribution in [1.29, 1.82) is 0 Å². The fourth-order valence-corrected chi connectivity index (χ4v) is 3.08. The molecule has 0 unspecified atom stereocenters. The Bertz CT molecular complexity index is 786. The Morgan fingerprint density at radius 1 is 1.16 bits per heavy atom. The van der Waals surface area contributed by atoms with Crippen molar-refractivity contribution in [3.63, 3.8) is 0 Å². The number of halogens is 1. The van der Waals surface area contributed by atoms with Crippen molar-refractivity contribution in [3.05, 3.63) is 63.2 Å². The number of hydrogen-bond donors (Lipinski definition) is 1. The monoisotopic (exact) mass is 360 g/mol. The predicted octanol–water partition coefficient (Wildman–Crippen LogP) is 4.82. The number of nitro groups is 1. The third-order valence-corrected chi connectivity index (χ3v) is 4.44. The number of amides is 1. The molecule has 1 aliphatic rings. The van der Waals surface area contributed by atoms with Crippen LogP contribution in [0, 0.1) is 10.1 Å². The SMILES string of the molecule is O=C(Nc1ccc(OC2CCCC2)cc1)c1ccc([N+](=O)[O-])cc1Cl. The number of non-ortho nitro benzene ring substituents is 1. The average Bonchev–Trinajstić information content (AvgIpc) is 3.09. The highest BCUT2D eigenvalue weighted by molar-refractivity contribution is 6.34. The summed E-state index contributed by atoms with van der Waals surface area (Å²) in [6, 6.07) is 10.9. The number of anilines is 1. The van der Waals surface area contributed by atoms with Crippen LogP contribution in [0.2, 0.25) is 5.02 Å². The van der Waals surface area contributed by atoms with Gasteiger partial charge in [-0.05, 0) is 56.0 Å². The molecule has 1 amide bonds. The predicted molar refractivity (Wildman–Crippen MR) is 95.4 cm³/mol. The number of nitrogens with zero attached hydrogens (tertiary/aromatic N) is 1. The first-order chi connectivity index (χ1) is 12.0. The van der Waals surface area contributed by atoms with Gasteiger partial charge >= 0.3 is 0 Å². The molecule has 0 aromatic heterocycles. The Morgan fingerprint density at radius 2 is 1.84 bits per heavy atom. The molecule has 6 nitrogen and oxygen atoms in total. The van der Waals surface area contributed by atoms with Crippen LogP contribution in [-0.2, 0) is 0 Å². The van der Waals surface area contributed by atoms with E-state index < -0.39 is 10.8 Å². The second-order valence-corrected chi connectivity index (χ2v) is 6.33. The van der Waals surface area contributed by atoms with Gasteiger partial charge in [-0.25, -0.2) is 0 Å². The number of hydrogen-bond acceptors (Lipinski definition) is 4. The number of rotatable bonds is 5. The van der Waals surface area contributed by atoms with E-state index in [-0.39, 0.29) is 22.4 Å². The first kappa shape index (κ1) is 17.2. The van der Waals surface area contributed by atoms with E-state index in [1.807, 2.05) is 12.1 Å². The van der Waals surface area contributed by atoms with Crippen LogP contribution < -0.4 is 10.1 Å². The molecule has 0 saturated heterocycles. The highest BCUT2D eigenvalue weighted by Crippen LogP contribution is 2.26. The van der Waals surface area contributed by atoms with E-state index in [9.17, 15) is 14.9 Å². The van der Waals surface area contributed by atoms with Crippen LogP contribution in [0.5, 0.6) is 5.75 Å². The maximum atomic E-state index is 12.3. The summed E-state index contributed by atoms with van der Waals surface area (Å²) in [6.07, 6.45) is 4.84. The molecule has 2 aromatic carbocycles. The van der Waals surface area contributed by atoms with Crippen molar-refractivity contribution in [2.75, 3.05) is 5.32 Å². The van der Waals surface area contributed by atoms with Crippen LogP contribution in [0.25, 0.3) is 0 Å². The van der Waals surface area contributed by atoms with E-state index in [1.165, 1.54) is 25.0 Å². The van der Waals surface area contributed by atoms with Gasteiger partial charge in [-0.2, -0.15) is 0 Å². The molecule has 25 heavy (non-hydrogen) atoms. The molecule has 0 radical (unpaired) electrons. The Hall–Kier alpha value is -2.60. The Labute approximate surface area is 149 Å². The maximum absolute atomic E-state index is 12.3. The van der Waals surface area contributed by atoms with Gasteiger partial charge in [0.15, 0.2) is 0 Å². The molecule has 1 fully saturated rings. The summed E-state index contributed by atoms with van der Waals surface area (Å²) in [5.41, 5.74) is 0.617. The number of ether oxygens (including phenoxy) is 1. The van der Waals surface area contributed by atoms with Crippen LogP contribution in [0.3, 0.4) is 0 Å². The van der Waals surface area contributed by atoms with Gasteiger partial charge in [0, 0.05) is 17.8 Å². The number of carbonyl (C=O) groups excluding carboxylic acids is 1. The fourth-order valence-electron chi connectivity index (χ4n) is 2.82. The topological polar surface area (TPSA) is 81.5 Å². The fraction of sp³-hybridized carbons (Fsp3) is 0.278. The molecular weight excluding hydrogens is 344 g/mol. The van der Waals surface area contributed by atoms with Gasteiger partial charge in [-0.15, -0.1) is 0 Å². The molecular formula is C18H17ClN2O4. The molecule has 0 bridgehead atoms. The molecule has 0 atom stereocenters. The normalized spacial score (nSPS) is 14.3. The van der Waals surface area contributed by atoms with Crippen molar-refractivity contribution in [2.24, 2.45) is 0 Å². The average molecular weight is 361 g/mol. The maximum Gasteiger partial charge on any atom is 0.270 e. The lowest BCUT2D eigenvalue weighted by molar-refractivity contribution is -0.384. The minimum Gasteiger partial charge on any atom is -0.490 e. The molecule has 3 rings (SSSR count). The van der Waals surface area contributed by atoms with Crippen LogP contribution in [-0.4, -0.2) is 16.9 Å². The van der Waals surface area contributed by atoms with Crippen LogP contribution in [0.15, 0.2) is 42.5 Å². The third-order valence-electron chi connectivity index (χ3n) is 4.13. The number of benzene rings is 2. The van der Waals surface area contributed by atoms with E-state index in [0.717, 1.165) is 24.7 Å². The van der Waals surface area contributed by atoms with Gasteiger partial charge in [-0.1, -0.05) is 11.6 Å². The van der Waals surface area contributed by atoms with Crippen molar-refractivity contribution >= 4 is 28.9 Å². The zero-order valence-electron chi connectivity index (χ0n) is 13.4. The minimum absolute atomic E-state index is 0.0351. The van der Waals surface area contributed by atoms with Crippen molar-refractivity contribution in [3.8, 4) is 5.75 Å². The highest BCUT2D eigenvalue weighted by atomic mass is 35.5. The Kier molecular flexibility index (Phi) is 5.19. The molecule has 7 heteroatoms. The van der Waals surface area contributed by atoms with Gasteiger partial charge in [0.05, 0.1) is 21.6 Å². The molecule has 130 valence electrons. The number of carbonyl (C=O) groups is 1. The van der Waals surface area contributed by atoms with Gasteiger partial charge in [0.25, 0.3) is 11.6 Å². The zero-order valence-corrected chi connectivity index (χ0v) is 14.2. The highest BCUT2D eigenvalue weighted by Gasteiger charge is 2.17. The Morgan fingerprint density at radius 3 is 2.44 bits per heavy atom. The van der Waals surface area contributed by atoms with Gasteiger partial charge < -0.3 is 10.1 Å². The summed E-state index contributed by atoms with van der Waals surface area (Å²) in [4.78, 5) is 22.4. The van der Waals surface area contributed by atoms with E-state index in [4.69, 9.17) is 16.3 Å². The van der Waals surface area contributed by atoms with Gasteiger partial charge in [0.2, 0.25) is 0 Å². The summed E-state index contributed by atoms with van der Waals surface area (Å²) in [5.74, 6) is 0.350. The van der Waals surface area contributed by atoms with Crippen molar-refractivity contribution in [2.45, 2.75) is 31.8 Å². The smallest absolute Gasteiger partial charge is 0.270 e. The first-order valence-electron chi connectivity index (χ1n) is 8.05. The van der Waals surface area contributed by atoms with Crippen LogP contribution in [0.4, 0.5) is 11.4 Å². The van der Waals surface area contributed by atoms with Crippen molar-refractivity contribution < 1.29 is 14.5 Å². The van der Waals surface area contributed by atoms with E-state index >= 15 is 0 Å². The molecule has 0 spiro atoms. The molecule has 0 aliphatic heterocycles. The molecule has 1 aliphatic carbocycles. The lowest BCUT2D eigenvalue weighted by atomic mass is 10.2. The molecule has 1 N–H and O–H groups in total. The Balaban J connectivity index is 1.65. The molecule has 0 heterocycles. The number of nitro benzene ring substituents is 1. The summed E-state index contributed by atoms with van der Waals surface area (Å²) in [5, 5.41) is 13.5. The zero-order chi connectivity index (χ0) is 17.8. The molecule has 1 saturated carbocycles. The minimum atomic E-state index is -0.559. The molecule has 2 aromatic rings.